The molecule has 0 unspecified atom stereocenters. The second-order valence-electron chi connectivity index (χ2n) is 4.23. The van der Waals surface area contributed by atoms with E-state index in [2.05, 4.69) is 26.2 Å². The standard InChI is InChI=1S/C11H14BrN3O/c1-7-8(3-4-9(12)14-7)15-10(16)11(13)5-2-6-11/h3-4H,2,5-6,13H2,1H3,(H,15,16). The Hall–Kier alpha value is -0.940. The molecule has 1 aromatic heterocycles. The average molecular weight is 284 g/mol. The van der Waals surface area contributed by atoms with Gasteiger partial charge in [0.05, 0.1) is 16.9 Å². The molecule has 0 atom stereocenters. The predicted octanol–water partition coefficient (Wildman–Crippen LogP) is 1.97. The van der Waals surface area contributed by atoms with Crippen LogP contribution in [0.25, 0.3) is 0 Å². The van der Waals surface area contributed by atoms with Crippen molar-refractivity contribution in [1.29, 1.82) is 0 Å². The van der Waals surface area contributed by atoms with Gasteiger partial charge < -0.3 is 11.1 Å². The third kappa shape index (κ3) is 2.10. The number of amides is 1. The summed E-state index contributed by atoms with van der Waals surface area (Å²) in [5, 5.41) is 2.83. The van der Waals surface area contributed by atoms with E-state index in [1.165, 1.54) is 0 Å². The van der Waals surface area contributed by atoms with Crippen LogP contribution in [0.15, 0.2) is 16.7 Å². The number of carbonyl (C=O) groups is 1. The van der Waals surface area contributed by atoms with Crippen molar-refractivity contribution in [3.05, 3.63) is 22.4 Å². The van der Waals surface area contributed by atoms with Gasteiger partial charge in [-0.2, -0.15) is 0 Å². The van der Waals surface area contributed by atoms with Crippen LogP contribution in [-0.2, 0) is 4.79 Å². The lowest BCUT2D eigenvalue weighted by atomic mass is 9.77. The fourth-order valence-corrected chi connectivity index (χ4v) is 2.09. The molecule has 86 valence electrons. The summed E-state index contributed by atoms with van der Waals surface area (Å²) in [5.41, 5.74) is 6.78. The second kappa shape index (κ2) is 4.14. The second-order valence-corrected chi connectivity index (χ2v) is 5.04. The normalized spacial score (nSPS) is 17.7. The third-order valence-electron chi connectivity index (χ3n) is 3.00. The number of aryl methyl sites for hydroxylation is 1. The van der Waals surface area contributed by atoms with Gasteiger partial charge >= 0.3 is 0 Å². The summed E-state index contributed by atoms with van der Waals surface area (Å²) < 4.78 is 0.758. The predicted molar refractivity (Wildman–Crippen MR) is 66.1 cm³/mol. The zero-order valence-electron chi connectivity index (χ0n) is 9.09. The van der Waals surface area contributed by atoms with Gasteiger partial charge in [0.1, 0.15) is 4.60 Å². The molecule has 4 nitrogen and oxygen atoms in total. The zero-order valence-corrected chi connectivity index (χ0v) is 10.7. The van der Waals surface area contributed by atoms with Crippen LogP contribution in [0.2, 0.25) is 0 Å². The van der Waals surface area contributed by atoms with E-state index in [-0.39, 0.29) is 5.91 Å². The molecular weight excluding hydrogens is 270 g/mol. The van der Waals surface area contributed by atoms with Crippen LogP contribution in [0.1, 0.15) is 25.0 Å². The fourth-order valence-electron chi connectivity index (χ4n) is 1.69. The first-order valence-electron chi connectivity index (χ1n) is 5.25. The van der Waals surface area contributed by atoms with E-state index in [1.807, 2.05) is 13.0 Å². The summed E-state index contributed by atoms with van der Waals surface area (Å²) in [6.07, 6.45) is 2.56. The van der Waals surface area contributed by atoms with Crippen molar-refractivity contribution in [2.75, 3.05) is 5.32 Å². The Kier molecular flexibility index (Phi) is 2.99. The van der Waals surface area contributed by atoms with Gasteiger partial charge in [-0.25, -0.2) is 4.98 Å². The highest BCUT2D eigenvalue weighted by atomic mass is 79.9. The van der Waals surface area contributed by atoms with Crippen LogP contribution >= 0.6 is 15.9 Å². The van der Waals surface area contributed by atoms with Crippen LogP contribution in [0.5, 0.6) is 0 Å². The maximum atomic E-state index is 11.9. The monoisotopic (exact) mass is 283 g/mol. The number of pyridine rings is 1. The molecule has 1 aliphatic carbocycles. The molecule has 1 fully saturated rings. The minimum atomic E-state index is -0.667. The van der Waals surface area contributed by atoms with E-state index in [9.17, 15) is 4.79 Å². The number of aromatic nitrogens is 1. The lowest BCUT2D eigenvalue weighted by Crippen LogP contribution is -2.56. The first-order chi connectivity index (χ1) is 7.51. The molecule has 0 saturated heterocycles. The summed E-state index contributed by atoms with van der Waals surface area (Å²) in [4.78, 5) is 16.1. The number of hydrogen-bond donors (Lipinski definition) is 2. The minimum absolute atomic E-state index is 0.106. The number of rotatable bonds is 2. The maximum Gasteiger partial charge on any atom is 0.244 e. The molecule has 3 N–H and O–H groups in total. The first-order valence-corrected chi connectivity index (χ1v) is 6.04. The summed E-state index contributed by atoms with van der Waals surface area (Å²) in [6, 6.07) is 3.62. The highest BCUT2D eigenvalue weighted by Crippen LogP contribution is 2.30. The van der Waals surface area contributed by atoms with Crippen molar-refractivity contribution in [1.82, 2.24) is 4.98 Å². The number of hydrogen-bond acceptors (Lipinski definition) is 3. The van der Waals surface area contributed by atoms with Crippen molar-refractivity contribution in [2.24, 2.45) is 5.73 Å². The molecule has 1 aliphatic rings. The number of halogens is 1. The molecule has 1 heterocycles. The van der Waals surface area contributed by atoms with E-state index in [1.54, 1.807) is 6.07 Å². The van der Waals surface area contributed by atoms with Gasteiger partial charge in [-0.15, -0.1) is 0 Å². The first kappa shape index (κ1) is 11.5. The minimum Gasteiger partial charge on any atom is -0.323 e. The van der Waals surface area contributed by atoms with Crippen LogP contribution in [0.3, 0.4) is 0 Å². The molecule has 0 radical (unpaired) electrons. The Morgan fingerprint density at radius 3 is 2.75 bits per heavy atom. The van der Waals surface area contributed by atoms with E-state index < -0.39 is 5.54 Å². The van der Waals surface area contributed by atoms with E-state index in [0.29, 0.717) is 0 Å². The summed E-state index contributed by atoms with van der Waals surface area (Å²) in [5.74, 6) is -0.106. The Morgan fingerprint density at radius 2 is 2.25 bits per heavy atom. The van der Waals surface area contributed by atoms with Gasteiger partial charge in [0.15, 0.2) is 0 Å². The number of nitrogens with one attached hydrogen (secondary N) is 1. The third-order valence-corrected chi connectivity index (χ3v) is 3.44. The molecule has 5 heteroatoms. The van der Waals surface area contributed by atoms with Crippen LogP contribution in [-0.4, -0.2) is 16.4 Å². The van der Waals surface area contributed by atoms with Crippen LogP contribution in [0, 0.1) is 6.92 Å². The molecule has 1 aromatic rings. The van der Waals surface area contributed by atoms with Gasteiger partial charge in [0.25, 0.3) is 0 Å². The van der Waals surface area contributed by atoms with E-state index >= 15 is 0 Å². The Morgan fingerprint density at radius 1 is 1.56 bits per heavy atom. The SMILES string of the molecule is Cc1nc(Br)ccc1NC(=O)C1(N)CCC1. The Balaban J connectivity index is 2.12. The lowest BCUT2D eigenvalue weighted by molar-refractivity contribution is -0.123. The largest absolute Gasteiger partial charge is 0.323 e. The molecule has 0 spiro atoms. The average Bonchev–Trinajstić information content (AvgIpc) is 2.18. The highest BCUT2D eigenvalue weighted by Gasteiger charge is 2.40. The number of carbonyl (C=O) groups excluding carboxylic acids is 1. The van der Waals surface area contributed by atoms with E-state index in [4.69, 9.17) is 5.73 Å². The van der Waals surface area contributed by atoms with Gasteiger partial charge in [0, 0.05) is 0 Å². The topological polar surface area (TPSA) is 68.0 Å². The Bertz CT molecular complexity index is 429. The van der Waals surface area contributed by atoms with Crippen molar-refractivity contribution in [3.8, 4) is 0 Å². The maximum absolute atomic E-state index is 11.9. The van der Waals surface area contributed by atoms with Crippen molar-refractivity contribution >= 4 is 27.5 Å². The molecule has 2 rings (SSSR count). The zero-order chi connectivity index (χ0) is 11.8. The molecular formula is C11H14BrN3O. The Labute approximate surface area is 103 Å². The fraction of sp³-hybridized carbons (Fsp3) is 0.455. The summed E-state index contributed by atoms with van der Waals surface area (Å²) >= 11 is 3.28. The molecule has 1 amide bonds. The molecule has 0 aliphatic heterocycles. The van der Waals surface area contributed by atoms with Crippen molar-refractivity contribution in [3.63, 3.8) is 0 Å². The summed E-state index contributed by atoms with van der Waals surface area (Å²) in [7, 11) is 0. The van der Waals surface area contributed by atoms with E-state index in [0.717, 1.165) is 35.2 Å². The molecule has 1 saturated carbocycles. The quantitative estimate of drug-likeness (QED) is 0.816. The smallest absolute Gasteiger partial charge is 0.244 e. The van der Waals surface area contributed by atoms with Gasteiger partial charge in [-0.1, -0.05) is 0 Å². The van der Waals surface area contributed by atoms with Crippen LogP contribution < -0.4 is 11.1 Å². The summed E-state index contributed by atoms with van der Waals surface area (Å²) in [6.45, 7) is 1.85. The van der Waals surface area contributed by atoms with Gasteiger partial charge in [-0.3, -0.25) is 4.79 Å². The number of nitrogens with zero attached hydrogens (tertiary/aromatic N) is 1. The van der Waals surface area contributed by atoms with Crippen molar-refractivity contribution in [2.45, 2.75) is 31.7 Å². The van der Waals surface area contributed by atoms with Gasteiger partial charge in [0.2, 0.25) is 5.91 Å². The van der Waals surface area contributed by atoms with Gasteiger partial charge in [-0.05, 0) is 54.2 Å². The molecule has 0 bridgehead atoms. The lowest BCUT2D eigenvalue weighted by Gasteiger charge is -2.36. The molecule has 0 aromatic carbocycles. The van der Waals surface area contributed by atoms with Crippen LogP contribution in [0.4, 0.5) is 5.69 Å². The molecule has 16 heavy (non-hydrogen) atoms. The number of anilines is 1. The number of nitrogens with two attached hydrogens (primary N) is 1. The highest BCUT2D eigenvalue weighted by molar-refractivity contribution is 9.10. The van der Waals surface area contributed by atoms with Crippen molar-refractivity contribution < 1.29 is 4.79 Å².